The maximum atomic E-state index is 11.9. The van der Waals surface area contributed by atoms with Crippen molar-refractivity contribution < 1.29 is 13.9 Å². The van der Waals surface area contributed by atoms with E-state index in [1.165, 1.54) is 7.11 Å². The van der Waals surface area contributed by atoms with Crippen LogP contribution in [0.2, 0.25) is 0 Å². The molecular formula is C13H14N2O3. The molecule has 1 heterocycles. The Bertz CT molecular complexity index is 535. The quantitative estimate of drug-likeness (QED) is 0.806. The van der Waals surface area contributed by atoms with Crippen molar-refractivity contribution in [3.05, 3.63) is 47.9 Å². The van der Waals surface area contributed by atoms with E-state index < -0.39 is 0 Å². The third-order valence-corrected chi connectivity index (χ3v) is 2.43. The minimum absolute atomic E-state index is 0.225. The minimum Gasteiger partial charge on any atom is -0.497 e. The molecule has 0 aliphatic heterocycles. The zero-order valence-corrected chi connectivity index (χ0v) is 9.97. The summed E-state index contributed by atoms with van der Waals surface area (Å²) < 4.78 is 10.2. The third-order valence-electron chi connectivity index (χ3n) is 2.43. The third kappa shape index (κ3) is 2.82. The van der Waals surface area contributed by atoms with Crippen LogP contribution >= 0.6 is 0 Å². The second kappa shape index (κ2) is 5.27. The fraction of sp³-hybridized carbons (Fsp3) is 0.154. The summed E-state index contributed by atoms with van der Waals surface area (Å²) in [7, 11) is 1.53. The van der Waals surface area contributed by atoms with Gasteiger partial charge in [-0.15, -0.1) is 0 Å². The maximum absolute atomic E-state index is 11.9. The van der Waals surface area contributed by atoms with Crippen LogP contribution in [0.1, 0.15) is 16.1 Å². The highest BCUT2D eigenvalue weighted by Gasteiger charge is 2.08. The monoisotopic (exact) mass is 246 g/mol. The van der Waals surface area contributed by atoms with Gasteiger partial charge in [-0.05, 0) is 24.3 Å². The lowest BCUT2D eigenvalue weighted by molar-refractivity contribution is 0.0947. The van der Waals surface area contributed by atoms with Crippen LogP contribution in [0.5, 0.6) is 5.75 Å². The molecule has 1 amide bonds. The highest BCUT2D eigenvalue weighted by atomic mass is 16.5. The lowest BCUT2D eigenvalue weighted by Gasteiger charge is -2.07. The number of furan rings is 1. The molecular weight excluding hydrogens is 232 g/mol. The van der Waals surface area contributed by atoms with Gasteiger partial charge in [-0.2, -0.15) is 0 Å². The first-order chi connectivity index (χ1) is 8.69. The zero-order valence-electron chi connectivity index (χ0n) is 9.97. The number of methoxy groups -OCH3 is 1. The van der Waals surface area contributed by atoms with E-state index in [-0.39, 0.29) is 5.91 Å². The first-order valence-corrected chi connectivity index (χ1v) is 5.44. The van der Waals surface area contributed by atoms with E-state index >= 15 is 0 Å². The number of anilines is 1. The van der Waals surface area contributed by atoms with E-state index in [4.69, 9.17) is 14.9 Å². The van der Waals surface area contributed by atoms with Gasteiger partial charge < -0.3 is 20.2 Å². The molecule has 0 radical (unpaired) electrons. The van der Waals surface area contributed by atoms with Crippen LogP contribution in [-0.2, 0) is 6.54 Å². The molecule has 94 valence electrons. The first-order valence-electron chi connectivity index (χ1n) is 5.44. The fourth-order valence-electron chi connectivity index (χ4n) is 1.55. The normalized spacial score (nSPS) is 10.1. The molecule has 5 heteroatoms. The summed E-state index contributed by atoms with van der Waals surface area (Å²) in [5, 5.41) is 2.74. The van der Waals surface area contributed by atoms with E-state index in [1.54, 1.807) is 36.6 Å². The molecule has 3 N–H and O–H groups in total. The van der Waals surface area contributed by atoms with Crippen LogP contribution in [0.25, 0.3) is 0 Å². The summed E-state index contributed by atoms with van der Waals surface area (Å²) in [6.07, 6.45) is 1.56. The van der Waals surface area contributed by atoms with Crippen molar-refractivity contribution in [2.24, 2.45) is 0 Å². The second-order valence-electron chi connectivity index (χ2n) is 3.76. The highest BCUT2D eigenvalue weighted by Crippen LogP contribution is 2.18. The average molecular weight is 246 g/mol. The van der Waals surface area contributed by atoms with Gasteiger partial charge in [0.15, 0.2) is 0 Å². The van der Waals surface area contributed by atoms with Crippen LogP contribution in [0.3, 0.4) is 0 Å². The smallest absolute Gasteiger partial charge is 0.251 e. The van der Waals surface area contributed by atoms with Crippen molar-refractivity contribution in [1.82, 2.24) is 5.32 Å². The molecule has 5 nitrogen and oxygen atoms in total. The van der Waals surface area contributed by atoms with Gasteiger partial charge in [-0.25, -0.2) is 0 Å². The number of nitrogen functional groups attached to an aromatic ring is 1. The van der Waals surface area contributed by atoms with Crippen molar-refractivity contribution in [2.45, 2.75) is 6.54 Å². The van der Waals surface area contributed by atoms with Gasteiger partial charge in [-0.1, -0.05) is 0 Å². The van der Waals surface area contributed by atoms with Crippen molar-refractivity contribution in [3.63, 3.8) is 0 Å². The molecule has 0 aliphatic rings. The largest absolute Gasteiger partial charge is 0.497 e. The molecule has 2 rings (SSSR count). The molecule has 0 saturated carbocycles. The zero-order chi connectivity index (χ0) is 13.0. The number of carbonyl (C=O) groups excluding carboxylic acids is 1. The molecule has 0 unspecified atom stereocenters. The summed E-state index contributed by atoms with van der Waals surface area (Å²) in [5.74, 6) is 1.02. The average Bonchev–Trinajstić information content (AvgIpc) is 2.88. The molecule has 1 aromatic heterocycles. The van der Waals surface area contributed by atoms with Gasteiger partial charge in [0.05, 0.1) is 19.9 Å². The molecule has 1 aromatic carbocycles. The van der Waals surface area contributed by atoms with Crippen LogP contribution in [-0.4, -0.2) is 13.0 Å². The van der Waals surface area contributed by atoms with E-state index in [9.17, 15) is 4.79 Å². The molecule has 0 fully saturated rings. The predicted molar refractivity (Wildman–Crippen MR) is 67.3 cm³/mol. The second-order valence-corrected chi connectivity index (χ2v) is 3.76. The number of nitrogens with one attached hydrogen (secondary N) is 1. The number of benzene rings is 1. The van der Waals surface area contributed by atoms with E-state index in [0.29, 0.717) is 29.3 Å². The van der Waals surface area contributed by atoms with Gasteiger partial charge in [-0.3, -0.25) is 4.79 Å². The minimum atomic E-state index is -0.225. The van der Waals surface area contributed by atoms with E-state index in [2.05, 4.69) is 5.32 Å². The SMILES string of the molecule is COc1cc(N)cc(C(=O)NCc2ccco2)c1. The van der Waals surface area contributed by atoms with Gasteiger partial charge in [0.1, 0.15) is 11.5 Å². The Balaban J connectivity index is 2.06. The molecule has 0 atom stereocenters. The van der Waals surface area contributed by atoms with Gasteiger partial charge in [0.2, 0.25) is 0 Å². The summed E-state index contributed by atoms with van der Waals surface area (Å²) in [5.41, 5.74) is 6.63. The number of hydrogen-bond donors (Lipinski definition) is 2. The Morgan fingerprint density at radius 2 is 2.28 bits per heavy atom. The fourth-order valence-corrected chi connectivity index (χ4v) is 1.55. The number of ether oxygens (including phenoxy) is 1. The Kier molecular flexibility index (Phi) is 3.52. The van der Waals surface area contributed by atoms with E-state index in [1.807, 2.05) is 0 Å². The van der Waals surface area contributed by atoms with E-state index in [0.717, 1.165) is 0 Å². The molecule has 0 bridgehead atoms. The van der Waals surface area contributed by atoms with Gasteiger partial charge >= 0.3 is 0 Å². The Morgan fingerprint density at radius 1 is 1.44 bits per heavy atom. The topological polar surface area (TPSA) is 77.5 Å². The number of nitrogens with two attached hydrogens (primary N) is 1. The summed E-state index contributed by atoms with van der Waals surface area (Å²) in [6, 6.07) is 8.45. The predicted octanol–water partition coefficient (Wildman–Crippen LogP) is 1.80. The van der Waals surface area contributed by atoms with Gasteiger partial charge in [0.25, 0.3) is 5.91 Å². The highest BCUT2D eigenvalue weighted by molar-refractivity contribution is 5.95. The first kappa shape index (κ1) is 12.0. The van der Waals surface area contributed by atoms with Gasteiger partial charge in [0, 0.05) is 17.3 Å². The molecule has 0 aliphatic carbocycles. The number of rotatable bonds is 4. The molecule has 2 aromatic rings. The summed E-state index contributed by atoms with van der Waals surface area (Å²) in [4.78, 5) is 11.9. The lowest BCUT2D eigenvalue weighted by Crippen LogP contribution is -2.22. The Labute approximate surface area is 105 Å². The molecule has 18 heavy (non-hydrogen) atoms. The maximum Gasteiger partial charge on any atom is 0.251 e. The van der Waals surface area contributed by atoms with Crippen LogP contribution in [0.15, 0.2) is 41.0 Å². The van der Waals surface area contributed by atoms with Crippen molar-refractivity contribution in [1.29, 1.82) is 0 Å². The molecule has 0 saturated heterocycles. The van der Waals surface area contributed by atoms with Crippen LogP contribution < -0.4 is 15.8 Å². The Morgan fingerprint density at radius 3 is 2.94 bits per heavy atom. The lowest BCUT2D eigenvalue weighted by atomic mass is 10.1. The van der Waals surface area contributed by atoms with Crippen molar-refractivity contribution in [2.75, 3.05) is 12.8 Å². The summed E-state index contributed by atoms with van der Waals surface area (Å²) in [6.45, 7) is 0.336. The number of hydrogen-bond acceptors (Lipinski definition) is 4. The van der Waals surface area contributed by atoms with Crippen LogP contribution in [0, 0.1) is 0 Å². The number of carbonyl (C=O) groups is 1. The van der Waals surface area contributed by atoms with Crippen molar-refractivity contribution >= 4 is 11.6 Å². The van der Waals surface area contributed by atoms with Crippen LogP contribution in [0.4, 0.5) is 5.69 Å². The standard InChI is InChI=1S/C13H14N2O3/c1-17-12-6-9(5-10(14)7-12)13(16)15-8-11-3-2-4-18-11/h2-7H,8,14H2,1H3,(H,15,16). The number of amides is 1. The molecule has 0 spiro atoms. The summed E-state index contributed by atoms with van der Waals surface area (Å²) >= 11 is 0. The Hall–Kier alpha value is -2.43. The van der Waals surface area contributed by atoms with Crippen molar-refractivity contribution in [3.8, 4) is 5.75 Å².